The second-order valence-corrected chi connectivity index (χ2v) is 6.32. The maximum absolute atomic E-state index is 12.5. The Morgan fingerprint density at radius 3 is 2.67 bits per heavy atom. The topological polar surface area (TPSA) is 49.4 Å². The summed E-state index contributed by atoms with van der Waals surface area (Å²) in [6.07, 6.45) is 4.63. The van der Waals surface area contributed by atoms with Gasteiger partial charge < -0.3 is 10.2 Å². The molecule has 0 atom stereocenters. The number of rotatable bonds is 2. The van der Waals surface area contributed by atoms with E-state index in [9.17, 15) is 9.59 Å². The molecule has 3 rings (SSSR count). The van der Waals surface area contributed by atoms with E-state index in [1.807, 2.05) is 24.3 Å². The van der Waals surface area contributed by atoms with Gasteiger partial charge in [0.25, 0.3) is 0 Å². The number of carbonyl (C=O) groups is 2. The number of amides is 2. The van der Waals surface area contributed by atoms with E-state index < -0.39 is 5.54 Å². The molecule has 0 unspecified atom stereocenters. The normalized spacial score (nSPS) is 21.5. The van der Waals surface area contributed by atoms with Crippen LogP contribution in [0.15, 0.2) is 24.3 Å². The lowest BCUT2D eigenvalue weighted by molar-refractivity contribution is -0.157. The van der Waals surface area contributed by atoms with Gasteiger partial charge in [0.15, 0.2) is 0 Å². The summed E-state index contributed by atoms with van der Waals surface area (Å²) >= 11 is 6.02. The van der Waals surface area contributed by atoms with Crippen molar-refractivity contribution < 1.29 is 9.59 Å². The summed E-state index contributed by atoms with van der Waals surface area (Å²) in [5, 5.41) is 3.42. The number of nitrogens with zero attached hydrogens (tertiary/aromatic N) is 1. The summed E-state index contributed by atoms with van der Waals surface area (Å²) in [6, 6.07) is 7.49. The molecule has 0 radical (unpaired) electrons. The predicted molar refractivity (Wildman–Crippen MR) is 80.8 cm³/mol. The Morgan fingerprint density at radius 2 is 1.95 bits per heavy atom. The van der Waals surface area contributed by atoms with Crippen LogP contribution in [0.1, 0.15) is 37.7 Å². The van der Waals surface area contributed by atoms with E-state index in [0.717, 1.165) is 37.7 Å². The average molecular weight is 307 g/mol. The molecule has 1 spiro atoms. The first-order valence-corrected chi connectivity index (χ1v) is 7.83. The average Bonchev–Trinajstić information content (AvgIpc) is 2.49. The van der Waals surface area contributed by atoms with E-state index in [1.54, 1.807) is 4.90 Å². The molecule has 1 saturated heterocycles. The van der Waals surface area contributed by atoms with E-state index >= 15 is 0 Å². The third-order valence-electron chi connectivity index (χ3n) is 4.55. The number of hydrogen-bond acceptors (Lipinski definition) is 2. The minimum atomic E-state index is -0.657. The maximum atomic E-state index is 12.5. The van der Waals surface area contributed by atoms with E-state index in [1.165, 1.54) is 0 Å². The molecule has 0 bridgehead atoms. The number of halogens is 1. The number of nitrogens with one attached hydrogen (secondary N) is 1. The SMILES string of the molecule is O=C1CNC(=O)C2(CCCCC2)N1Cc1cccc(Cl)c1. The highest BCUT2D eigenvalue weighted by Crippen LogP contribution is 2.36. The van der Waals surface area contributed by atoms with Crippen LogP contribution in [0.2, 0.25) is 5.02 Å². The number of benzene rings is 1. The van der Waals surface area contributed by atoms with Gasteiger partial charge in [-0.1, -0.05) is 43.0 Å². The van der Waals surface area contributed by atoms with E-state index in [4.69, 9.17) is 11.6 Å². The van der Waals surface area contributed by atoms with Crippen molar-refractivity contribution in [2.75, 3.05) is 6.54 Å². The third kappa shape index (κ3) is 2.64. The molecule has 5 heteroatoms. The van der Waals surface area contributed by atoms with Crippen molar-refractivity contribution in [2.24, 2.45) is 0 Å². The highest BCUT2D eigenvalue weighted by atomic mass is 35.5. The molecule has 1 aliphatic carbocycles. The maximum Gasteiger partial charge on any atom is 0.246 e. The van der Waals surface area contributed by atoms with Crippen LogP contribution in [-0.4, -0.2) is 28.8 Å². The van der Waals surface area contributed by atoms with E-state index in [0.29, 0.717) is 11.6 Å². The minimum Gasteiger partial charge on any atom is -0.345 e. The van der Waals surface area contributed by atoms with Crippen LogP contribution in [0.3, 0.4) is 0 Å². The minimum absolute atomic E-state index is 0.00326. The van der Waals surface area contributed by atoms with Gasteiger partial charge in [-0.25, -0.2) is 0 Å². The Balaban J connectivity index is 1.91. The lowest BCUT2D eigenvalue weighted by atomic mass is 9.78. The number of piperazine rings is 1. The summed E-state index contributed by atoms with van der Waals surface area (Å²) in [6.45, 7) is 0.550. The summed E-state index contributed by atoms with van der Waals surface area (Å²) in [5.41, 5.74) is 0.311. The van der Waals surface area contributed by atoms with Crippen LogP contribution >= 0.6 is 11.6 Å². The molecule has 1 N–H and O–H groups in total. The van der Waals surface area contributed by atoms with Crippen LogP contribution < -0.4 is 5.32 Å². The van der Waals surface area contributed by atoms with Crippen LogP contribution in [0.4, 0.5) is 0 Å². The summed E-state index contributed by atoms with van der Waals surface area (Å²) in [5.74, 6) is 0.000281. The quantitative estimate of drug-likeness (QED) is 0.912. The fraction of sp³-hybridized carbons (Fsp3) is 0.500. The number of carbonyl (C=O) groups excluding carboxylic acids is 2. The zero-order chi connectivity index (χ0) is 14.9. The number of hydrogen-bond donors (Lipinski definition) is 1. The molecule has 1 aromatic rings. The van der Waals surface area contributed by atoms with Gasteiger partial charge in [-0.05, 0) is 30.5 Å². The molecule has 1 heterocycles. The molecule has 4 nitrogen and oxygen atoms in total. The molecule has 112 valence electrons. The largest absolute Gasteiger partial charge is 0.345 e. The molecule has 2 aliphatic rings. The van der Waals surface area contributed by atoms with Crippen molar-refractivity contribution in [1.29, 1.82) is 0 Å². The first kappa shape index (κ1) is 14.4. The van der Waals surface area contributed by atoms with Crippen LogP contribution in [-0.2, 0) is 16.1 Å². The van der Waals surface area contributed by atoms with Crippen molar-refractivity contribution in [2.45, 2.75) is 44.2 Å². The molecule has 1 aliphatic heterocycles. The summed E-state index contributed by atoms with van der Waals surface area (Å²) in [7, 11) is 0. The molecule has 1 aromatic carbocycles. The Labute approximate surface area is 129 Å². The monoisotopic (exact) mass is 306 g/mol. The predicted octanol–water partition coefficient (Wildman–Crippen LogP) is 2.50. The Morgan fingerprint density at radius 1 is 1.19 bits per heavy atom. The summed E-state index contributed by atoms with van der Waals surface area (Å²) in [4.78, 5) is 26.6. The summed E-state index contributed by atoms with van der Waals surface area (Å²) < 4.78 is 0. The first-order valence-electron chi connectivity index (χ1n) is 7.45. The van der Waals surface area contributed by atoms with Crippen LogP contribution in [0, 0.1) is 0 Å². The Bertz CT molecular complexity index is 567. The first-order chi connectivity index (χ1) is 10.1. The van der Waals surface area contributed by atoms with Gasteiger partial charge >= 0.3 is 0 Å². The van der Waals surface area contributed by atoms with Crippen molar-refractivity contribution in [3.63, 3.8) is 0 Å². The zero-order valence-electron chi connectivity index (χ0n) is 11.9. The van der Waals surface area contributed by atoms with Gasteiger partial charge in [0.05, 0.1) is 6.54 Å². The molecule has 0 aromatic heterocycles. The molecular formula is C16H19ClN2O2. The third-order valence-corrected chi connectivity index (χ3v) is 4.79. The van der Waals surface area contributed by atoms with Crippen LogP contribution in [0.25, 0.3) is 0 Å². The fourth-order valence-corrected chi connectivity index (χ4v) is 3.68. The Kier molecular flexibility index (Phi) is 3.89. The molecule has 2 fully saturated rings. The van der Waals surface area contributed by atoms with Gasteiger partial charge in [-0.15, -0.1) is 0 Å². The smallest absolute Gasteiger partial charge is 0.246 e. The molecular weight excluding hydrogens is 288 g/mol. The second-order valence-electron chi connectivity index (χ2n) is 5.88. The van der Waals surface area contributed by atoms with Gasteiger partial charge in [-0.2, -0.15) is 0 Å². The van der Waals surface area contributed by atoms with Gasteiger partial charge in [0.2, 0.25) is 11.8 Å². The molecule has 2 amide bonds. The van der Waals surface area contributed by atoms with E-state index in [-0.39, 0.29) is 18.4 Å². The van der Waals surface area contributed by atoms with Crippen LogP contribution in [0.5, 0.6) is 0 Å². The van der Waals surface area contributed by atoms with Crippen molar-refractivity contribution in [3.05, 3.63) is 34.9 Å². The van der Waals surface area contributed by atoms with Crippen molar-refractivity contribution in [3.8, 4) is 0 Å². The van der Waals surface area contributed by atoms with Crippen molar-refractivity contribution in [1.82, 2.24) is 10.2 Å². The van der Waals surface area contributed by atoms with Gasteiger partial charge in [-0.3, -0.25) is 9.59 Å². The van der Waals surface area contributed by atoms with E-state index in [2.05, 4.69) is 5.32 Å². The van der Waals surface area contributed by atoms with Gasteiger partial charge in [0.1, 0.15) is 5.54 Å². The highest BCUT2D eigenvalue weighted by molar-refractivity contribution is 6.30. The second kappa shape index (κ2) is 5.68. The van der Waals surface area contributed by atoms with Crippen molar-refractivity contribution >= 4 is 23.4 Å². The lowest BCUT2D eigenvalue weighted by Gasteiger charge is -2.48. The molecule has 21 heavy (non-hydrogen) atoms. The Hall–Kier alpha value is -1.55. The fourth-order valence-electron chi connectivity index (χ4n) is 3.47. The standard InChI is InChI=1S/C16H19ClN2O2/c17-13-6-4-5-12(9-13)11-19-14(20)10-18-15(21)16(19)7-2-1-3-8-16/h4-6,9H,1-3,7-8,10-11H2,(H,18,21). The zero-order valence-corrected chi connectivity index (χ0v) is 12.7. The molecule has 1 saturated carbocycles. The van der Waals surface area contributed by atoms with Gasteiger partial charge in [0, 0.05) is 11.6 Å². The highest BCUT2D eigenvalue weighted by Gasteiger charge is 2.49. The lowest BCUT2D eigenvalue weighted by Crippen LogP contribution is -2.67.